The van der Waals surface area contributed by atoms with Crippen LogP contribution < -0.4 is 5.32 Å². The first kappa shape index (κ1) is 18.3. The highest BCUT2D eigenvalue weighted by molar-refractivity contribution is 6.42. The number of halogens is 4. The summed E-state index contributed by atoms with van der Waals surface area (Å²) in [6.45, 7) is 0. The Kier molecular flexibility index (Phi) is 5.11. The molecule has 1 N–H and O–H groups in total. The highest BCUT2D eigenvalue weighted by Crippen LogP contribution is 2.32. The third-order valence-corrected chi connectivity index (χ3v) is 5.44. The van der Waals surface area contributed by atoms with Crippen molar-refractivity contribution in [2.75, 3.05) is 5.32 Å². The number of nitrogens with one attached hydrogen (secondary N) is 1. The molecule has 0 saturated heterocycles. The SMILES string of the molecule is Clc1ccc(Nc2nc(-c3ccc(Cl)c(Cl)c3)nc3ccccc23)cc1Cl. The maximum atomic E-state index is 6.15. The number of fused-ring (bicyclic) bond motifs is 1. The van der Waals surface area contributed by atoms with E-state index < -0.39 is 0 Å². The van der Waals surface area contributed by atoms with Gasteiger partial charge in [-0.25, -0.2) is 9.97 Å². The van der Waals surface area contributed by atoms with Crippen LogP contribution in [-0.2, 0) is 0 Å². The molecule has 4 aromatic rings. The summed E-state index contributed by atoms with van der Waals surface area (Å²) in [5, 5.41) is 6.07. The lowest BCUT2D eigenvalue weighted by Gasteiger charge is -2.12. The van der Waals surface area contributed by atoms with E-state index in [1.807, 2.05) is 36.4 Å². The highest BCUT2D eigenvalue weighted by atomic mass is 35.5. The van der Waals surface area contributed by atoms with Gasteiger partial charge in [0.05, 0.1) is 25.6 Å². The van der Waals surface area contributed by atoms with Gasteiger partial charge in [-0.05, 0) is 48.5 Å². The molecule has 27 heavy (non-hydrogen) atoms. The van der Waals surface area contributed by atoms with Crippen molar-refractivity contribution in [3.8, 4) is 11.4 Å². The lowest BCUT2D eigenvalue weighted by atomic mass is 10.1. The van der Waals surface area contributed by atoms with Gasteiger partial charge in [0.25, 0.3) is 0 Å². The van der Waals surface area contributed by atoms with Crippen LogP contribution in [0.1, 0.15) is 0 Å². The second-order valence-corrected chi connectivity index (χ2v) is 7.42. The second kappa shape index (κ2) is 7.53. The van der Waals surface area contributed by atoms with E-state index in [1.54, 1.807) is 24.3 Å². The minimum Gasteiger partial charge on any atom is -0.340 e. The molecule has 0 aliphatic rings. The smallest absolute Gasteiger partial charge is 0.162 e. The van der Waals surface area contributed by atoms with E-state index in [2.05, 4.69) is 15.3 Å². The average molecular weight is 435 g/mol. The summed E-state index contributed by atoms with van der Waals surface area (Å²) in [7, 11) is 0. The van der Waals surface area contributed by atoms with Crippen molar-refractivity contribution in [1.29, 1.82) is 0 Å². The summed E-state index contributed by atoms with van der Waals surface area (Å²) >= 11 is 24.3. The van der Waals surface area contributed by atoms with Gasteiger partial charge in [0.2, 0.25) is 0 Å². The molecule has 0 saturated carbocycles. The molecule has 0 radical (unpaired) electrons. The summed E-state index contributed by atoms with van der Waals surface area (Å²) in [5.74, 6) is 1.19. The van der Waals surface area contributed by atoms with Crippen LogP contribution in [0.4, 0.5) is 11.5 Å². The Labute approximate surface area is 175 Å². The number of para-hydroxylation sites is 1. The average Bonchev–Trinajstić information content (AvgIpc) is 2.67. The summed E-state index contributed by atoms with van der Waals surface area (Å²) < 4.78 is 0. The van der Waals surface area contributed by atoms with Crippen LogP contribution in [0, 0.1) is 0 Å². The zero-order valence-corrected chi connectivity index (χ0v) is 16.7. The molecule has 0 bridgehead atoms. The van der Waals surface area contributed by atoms with Gasteiger partial charge in [-0.15, -0.1) is 0 Å². The van der Waals surface area contributed by atoms with Crippen LogP contribution >= 0.6 is 46.4 Å². The Hall–Kier alpha value is -2.04. The van der Waals surface area contributed by atoms with Crippen molar-refractivity contribution in [3.05, 3.63) is 80.8 Å². The first-order chi connectivity index (χ1) is 13.0. The summed E-state index contributed by atoms with van der Waals surface area (Å²) in [6, 6.07) is 18.4. The van der Waals surface area contributed by atoms with Crippen LogP contribution in [0.2, 0.25) is 20.1 Å². The molecule has 1 heterocycles. The first-order valence-corrected chi connectivity index (χ1v) is 9.47. The molecular formula is C20H11Cl4N3. The van der Waals surface area contributed by atoms with E-state index in [9.17, 15) is 0 Å². The number of rotatable bonds is 3. The summed E-state index contributed by atoms with van der Waals surface area (Å²) in [5.41, 5.74) is 2.34. The van der Waals surface area contributed by atoms with Crippen molar-refractivity contribution < 1.29 is 0 Å². The van der Waals surface area contributed by atoms with Crippen molar-refractivity contribution in [2.45, 2.75) is 0 Å². The molecule has 0 unspecified atom stereocenters. The quantitative estimate of drug-likeness (QED) is 0.359. The van der Waals surface area contributed by atoms with Crippen molar-refractivity contribution >= 4 is 68.8 Å². The standard InChI is InChI=1S/C20H11Cl4N3/c21-14-7-5-11(9-16(14)23)19-26-18-4-2-1-3-13(18)20(27-19)25-12-6-8-15(22)17(24)10-12/h1-10H,(H,25,26,27). The largest absolute Gasteiger partial charge is 0.340 e. The van der Waals surface area contributed by atoms with Crippen molar-refractivity contribution in [3.63, 3.8) is 0 Å². The second-order valence-electron chi connectivity index (χ2n) is 5.80. The molecule has 1 aromatic heterocycles. The fourth-order valence-electron chi connectivity index (χ4n) is 2.65. The van der Waals surface area contributed by atoms with Crippen molar-refractivity contribution in [2.24, 2.45) is 0 Å². The van der Waals surface area contributed by atoms with Gasteiger partial charge in [-0.2, -0.15) is 0 Å². The molecule has 3 nitrogen and oxygen atoms in total. The van der Waals surface area contributed by atoms with Crippen LogP contribution in [0.25, 0.3) is 22.3 Å². The topological polar surface area (TPSA) is 37.8 Å². The monoisotopic (exact) mass is 433 g/mol. The zero-order valence-electron chi connectivity index (χ0n) is 13.7. The molecule has 0 spiro atoms. The normalized spacial score (nSPS) is 11.0. The predicted molar refractivity (Wildman–Crippen MR) is 115 cm³/mol. The lowest BCUT2D eigenvalue weighted by molar-refractivity contribution is 1.22. The van der Waals surface area contributed by atoms with E-state index in [0.717, 1.165) is 22.2 Å². The van der Waals surface area contributed by atoms with E-state index in [-0.39, 0.29) is 0 Å². The number of anilines is 2. The van der Waals surface area contributed by atoms with Gasteiger partial charge in [0.15, 0.2) is 5.82 Å². The van der Waals surface area contributed by atoms with Gasteiger partial charge in [-0.1, -0.05) is 58.5 Å². The van der Waals surface area contributed by atoms with Crippen LogP contribution in [0.3, 0.4) is 0 Å². The maximum absolute atomic E-state index is 6.15. The van der Waals surface area contributed by atoms with E-state index in [4.69, 9.17) is 46.4 Å². The van der Waals surface area contributed by atoms with E-state index in [1.165, 1.54) is 0 Å². The molecular weight excluding hydrogens is 424 g/mol. The molecule has 0 aliphatic carbocycles. The predicted octanol–water partition coefficient (Wildman–Crippen LogP) is 7.65. The fourth-order valence-corrected chi connectivity index (χ4v) is 3.24. The third-order valence-electron chi connectivity index (χ3n) is 3.96. The van der Waals surface area contributed by atoms with Gasteiger partial charge < -0.3 is 5.32 Å². The van der Waals surface area contributed by atoms with Gasteiger partial charge in [0, 0.05) is 16.6 Å². The molecule has 0 aliphatic heterocycles. The Bertz CT molecular complexity index is 1160. The molecule has 7 heteroatoms. The number of hydrogen-bond donors (Lipinski definition) is 1. The van der Waals surface area contributed by atoms with Crippen LogP contribution in [-0.4, -0.2) is 9.97 Å². The molecule has 0 amide bonds. The van der Waals surface area contributed by atoms with E-state index in [0.29, 0.717) is 31.7 Å². The van der Waals surface area contributed by atoms with Crippen molar-refractivity contribution in [1.82, 2.24) is 9.97 Å². The minimum atomic E-state index is 0.449. The molecule has 4 rings (SSSR count). The number of benzene rings is 3. The third kappa shape index (κ3) is 3.83. The number of nitrogens with zero attached hydrogens (tertiary/aromatic N) is 2. The number of hydrogen-bond acceptors (Lipinski definition) is 3. The Morgan fingerprint density at radius 2 is 1.37 bits per heavy atom. The minimum absolute atomic E-state index is 0.449. The Morgan fingerprint density at radius 3 is 2.11 bits per heavy atom. The molecule has 3 aromatic carbocycles. The number of aromatic nitrogens is 2. The first-order valence-electron chi connectivity index (χ1n) is 7.95. The molecule has 134 valence electrons. The summed E-state index contributed by atoms with van der Waals surface area (Å²) in [6.07, 6.45) is 0. The fraction of sp³-hybridized carbons (Fsp3) is 0. The Balaban J connectivity index is 1.85. The molecule has 0 fully saturated rings. The van der Waals surface area contributed by atoms with Crippen LogP contribution in [0.5, 0.6) is 0 Å². The van der Waals surface area contributed by atoms with Gasteiger partial charge in [-0.3, -0.25) is 0 Å². The van der Waals surface area contributed by atoms with Gasteiger partial charge >= 0.3 is 0 Å². The van der Waals surface area contributed by atoms with Gasteiger partial charge in [0.1, 0.15) is 5.82 Å². The lowest BCUT2D eigenvalue weighted by Crippen LogP contribution is -1.99. The maximum Gasteiger partial charge on any atom is 0.162 e. The summed E-state index contributed by atoms with van der Waals surface area (Å²) in [4.78, 5) is 9.34. The molecule has 0 atom stereocenters. The highest BCUT2D eigenvalue weighted by Gasteiger charge is 2.11. The zero-order chi connectivity index (χ0) is 19.0. The van der Waals surface area contributed by atoms with E-state index >= 15 is 0 Å². The Morgan fingerprint density at radius 1 is 0.667 bits per heavy atom. The van der Waals surface area contributed by atoms with Crippen LogP contribution in [0.15, 0.2) is 60.7 Å².